The van der Waals surface area contributed by atoms with Gasteiger partial charge in [0.25, 0.3) is 0 Å². The van der Waals surface area contributed by atoms with Crippen LogP contribution in [0.3, 0.4) is 0 Å². The standard InChI is InChI=1S/C27H25NO7/c1-12-23(31)21(14(3)29)25-22(24(12)32)27(4)19(35-25)10-17(30)20(26(27)33)13(2)28-11-16-9-15-7-5-6-8-18(15)34-16/h5-8,10,16,28,31-32H,9,11H2,1-4H3/b20-13+/t16-,27-/m0/s1. The first-order valence-corrected chi connectivity index (χ1v) is 11.3. The number of rotatable bonds is 4. The van der Waals surface area contributed by atoms with Gasteiger partial charge >= 0.3 is 0 Å². The lowest BCUT2D eigenvalue weighted by Gasteiger charge is -2.29. The van der Waals surface area contributed by atoms with Crippen molar-refractivity contribution in [1.29, 1.82) is 0 Å². The summed E-state index contributed by atoms with van der Waals surface area (Å²) < 4.78 is 11.7. The van der Waals surface area contributed by atoms with Crippen molar-refractivity contribution >= 4 is 17.3 Å². The Kier molecular flexibility index (Phi) is 5.01. The summed E-state index contributed by atoms with van der Waals surface area (Å²) in [5.74, 6) is -1.62. The van der Waals surface area contributed by atoms with Crippen molar-refractivity contribution in [2.24, 2.45) is 0 Å². The van der Waals surface area contributed by atoms with Crippen LogP contribution in [0, 0.1) is 6.92 Å². The highest BCUT2D eigenvalue weighted by molar-refractivity contribution is 6.31. The summed E-state index contributed by atoms with van der Waals surface area (Å²) in [7, 11) is 0. The molecule has 0 amide bonds. The quantitative estimate of drug-likeness (QED) is 0.350. The van der Waals surface area contributed by atoms with Crippen LogP contribution in [-0.2, 0) is 21.4 Å². The van der Waals surface area contributed by atoms with E-state index in [1.165, 1.54) is 19.9 Å². The van der Waals surface area contributed by atoms with E-state index in [9.17, 15) is 24.6 Å². The predicted octanol–water partition coefficient (Wildman–Crippen LogP) is 3.16. The first-order valence-electron chi connectivity index (χ1n) is 11.3. The molecule has 0 bridgehead atoms. The van der Waals surface area contributed by atoms with Crippen LogP contribution in [0.1, 0.15) is 47.8 Å². The van der Waals surface area contributed by atoms with Crippen molar-refractivity contribution in [2.45, 2.75) is 45.6 Å². The minimum atomic E-state index is -1.53. The van der Waals surface area contributed by atoms with Crippen LogP contribution in [0.4, 0.5) is 0 Å². The molecule has 5 rings (SSSR count). The molecule has 2 heterocycles. The number of hydrogen-bond acceptors (Lipinski definition) is 8. The summed E-state index contributed by atoms with van der Waals surface area (Å²) in [5.41, 5.74) is -0.113. The third-order valence-electron chi connectivity index (χ3n) is 7.07. The van der Waals surface area contributed by atoms with Crippen LogP contribution in [0.15, 0.2) is 47.4 Å². The molecule has 0 aromatic heterocycles. The summed E-state index contributed by atoms with van der Waals surface area (Å²) in [4.78, 5) is 39.1. The van der Waals surface area contributed by atoms with Crippen molar-refractivity contribution in [3.63, 3.8) is 0 Å². The van der Waals surface area contributed by atoms with Crippen LogP contribution >= 0.6 is 0 Å². The maximum atomic E-state index is 13.8. The molecule has 2 aromatic carbocycles. The van der Waals surface area contributed by atoms with E-state index < -0.39 is 28.5 Å². The predicted molar refractivity (Wildman–Crippen MR) is 126 cm³/mol. The van der Waals surface area contributed by atoms with Crippen LogP contribution in [0.2, 0.25) is 0 Å². The Hall–Kier alpha value is -4.07. The molecule has 8 nitrogen and oxygen atoms in total. The minimum absolute atomic E-state index is 0.0106. The third kappa shape index (κ3) is 3.16. The van der Waals surface area contributed by atoms with Gasteiger partial charge in [0.2, 0.25) is 0 Å². The highest BCUT2D eigenvalue weighted by atomic mass is 16.5. The summed E-state index contributed by atoms with van der Waals surface area (Å²) in [6.45, 7) is 6.28. The number of ether oxygens (including phenoxy) is 2. The molecule has 35 heavy (non-hydrogen) atoms. The van der Waals surface area contributed by atoms with Gasteiger partial charge in [-0.25, -0.2) is 0 Å². The van der Waals surface area contributed by atoms with Gasteiger partial charge in [-0.1, -0.05) is 18.2 Å². The largest absolute Gasteiger partial charge is 0.507 e. The average Bonchev–Trinajstić information content (AvgIpc) is 3.35. The number of allylic oxidation sites excluding steroid dienone is 4. The maximum absolute atomic E-state index is 13.8. The number of carbonyl (C=O) groups is 3. The Labute approximate surface area is 201 Å². The Morgan fingerprint density at radius 1 is 1.17 bits per heavy atom. The van der Waals surface area contributed by atoms with E-state index >= 15 is 0 Å². The highest BCUT2D eigenvalue weighted by Crippen LogP contribution is 2.57. The molecule has 3 N–H and O–H groups in total. The topological polar surface area (TPSA) is 122 Å². The number of aromatic hydroxyl groups is 2. The second-order valence-electron chi connectivity index (χ2n) is 9.32. The number of Topliss-reactive ketones (excluding diaryl/α,β-unsaturated/α-hetero) is 2. The summed E-state index contributed by atoms with van der Waals surface area (Å²) in [6, 6.07) is 7.76. The monoisotopic (exact) mass is 475 g/mol. The van der Waals surface area contributed by atoms with Gasteiger partial charge in [-0.2, -0.15) is 0 Å². The molecule has 0 saturated heterocycles. The molecular formula is C27H25NO7. The minimum Gasteiger partial charge on any atom is -0.507 e. The third-order valence-corrected chi connectivity index (χ3v) is 7.07. The van der Waals surface area contributed by atoms with Crippen molar-refractivity contribution in [3.8, 4) is 23.0 Å². The van der Waals surface area contributed by atoms with Gasteiger partial charge in [0.1, 0.15) is 45.8 Å². The average molecular weight is 475 g/mol. The van der Waals surface area contributed by atoms with Crippen LogP contribution < -0.4 is 14.8 Å². The molecule has 2 aliphatic heterocycles. The van der Waals surface area contributed by atoms with Crippen molar-refractivity contribution in [1.82, 2.24) is 5.32 Å². The van der Waals surface area contributed by atoms with Crippen molar-refractivity contribution in [2.75, 3.05) is 6.54 Å². The van der Waals surface area contributed by atoms with Gasteiger partial charge in [-0.3, -0.25) is 14.4 Å². The fourth-order valence-electron chi connectivity index (χ4n) is 5.09. The molecule has 0 unspecified atom stereocenters. The second-order valence-corrected chi connectivity index (χ2v) is 9.32. The van der Waals surface area contributed by atoms with E-state index in [0.717, 1.165) is 11.3 Å². The zero-order valence-electron chi connectivity index (χ0n) is 19.8. The number of phenols is 2. The van der Waals surface area contributed by atoms with E-state index in [4.69, 9.17) is 9.47 Å². The number of phenolic OH excluding ortho intramolecular Hbond substituents is 2. The van der Waals surface area contributed by atoms with E-state index in [1.54, 1.807) is 13.8 Å². The zero-order valence-corrected chi connectivity index (χ0v) is 19.8. The molecule has 3 aliphatic rings. The number of ketones is 3. The molecule has 2 aromatic rings. The number of para-hydroxylation sites is 1. The Balaban J connectivity index is 1.51. The second kappa shape index (κ2) is 7.73. The van der Waals surface area contributed by atoms with Crippen molar-refractivity contribution in [3.05, 3.63) is 69.6 Å². The molecular weight excluding hydrogens is 450 g/mol. The number of nitrogens with one attached hydrogen (secondary N) is 1. The van der Waals surface area contributed by atoms with Crippen LogP contribution in [0.25, 0.3) is 0 Å². The van der Waals surface area contributed by atoms with Gasteiger partial charge in [0.05, 0.1) is 17.7 Å². The van der Waals surface area contributed by atoms with Gasteiger partial charge in [0, 0.05) is 23.8 Å². The zero-order chi connectivity index (χ0) is 25.2. The summed E-state index contributed by atoms with van der Waals surface area (Å²) >= 11 is 0. The molecule has 0 fully saturated rings. The van der Waals surface area contributed by atoms with Gasteiger partial charge in [-0.15, -0.1) is 0 Å². The van der Waals surface area contributed by atoms with E-state index in [0.29, 0.717) is 18.7 Å². The molecule has 0 saturated carbocycles. The molecule has 1 aliphatic carbocycles. The molecule has 180 valence electrons. The fraction of sp³-hybridized carbons (Fsp3) is 0.296. The first kappa shape index (κ1) is 22.7. The van der Waals surface area contributed by atoms with E-state index in [2.05, 4.69) is 5.32 Å². The lowest BCUT2D eigenvalue weighted by atomic mass is 9.70. The number of hydrogen-bond donors (Lipinski definition) is 3. The summed E-state index contributed by atoms with van der Waals surface area (Å²) in [5, 5.41) is 24.5. The normalized spacial score (nSPS) is 23.5. The molecule has 2 atom stereocenters. The Morgan fingerprint density at radius 3 is 2.57 bits per heavy atom. The Bertz CT molecular complexity index is 1380. The van der Waals surface area contributed by atoms with Crippen molar-refractivity contribution < 1.29 is 34.1 Å². The highest BCUT2D eigenvalue weighted by Gasteiger charge is 2.56. The maximum Gasteiger partial charge on any atom is 0.194 e. The SMILES string of the molecule is CC(=O)c1c(O)c(C)c(O)c2c1OC1=CC(=O)/C(=C(/C)NC[C@@H]3Cc4ccccc4O3)C(=O)[C@@]12C. The van der Waals surface area contributed by atoms with Gasteiger partial charge in [0.15, 0.2) is 17.3 Å². The molecule has 8 heteroatoms. The smallest absolute Gasteiger partial charge is 0.194 e. The number of carbonyl (C=O) groups excluding carboxylic acids is 3. The molecule has 0 spiro atoms. The number of benzene rings is 2. The van der Waals surface area contributed by atoms with Crippen LogP contribution in [0.5, 0.6) is 23.0 Å². The number of fused-ring (bicyclic) bond motifs is 4. The van der Waals surface area contributed by atoms with E-state index in [-0.39, 0.29) is 45.6 Å². The molecule has 0 radical (unpaired) electrons. The van der Waals surface area contributed by atoms with Crippen LogP contribution in [-0.4, -0.2) is 40.2 Å². The van der Waals surface area contributed by atoms with E-state index in [1.807, 2.05) is 24.3 Å². The first-order chi connectivity index (χ1) is 16.6. The Morgan fingerprint density at radius 2 is 1.89 bits per heavy atom. The lowest BCUT2D eigenvalue weighted by molar-refractivity contribution is -0.123. The van der Waals surface area contributed by atoms with Gasteiger partial charge < -0.3 is 25.0 Å². The summed E-state index contributed by atoms with van der Waals surface area (Å²) in [6.07, 6.45) is 1.77. The van der Waals surface area contributed by atoms with Gasteiger partial charge in [-0.05, 0) is 39.3 Å². The fourth-order valence-corrected chi connectivity index (χ4v) is 5.09. The lowest BCUT2D eigenvalue weighted by Crippen LogP contribution is -2.41.